The van der Waals surface area contributed by atoms with Gasteiger partial charge in [0.25, 0.3) is 0 Å². The maximum Gasteiger partial charge on any atom is 0.437 e. The van der Waals surface area contributed by atoms with Crippen molar-refractivity contribution in [2.24, 2.45) is 0 Å². The van der Waals surface area contributed by atoms with Crippen molar-refractivity contribution < 1.29 is 33.3 Å². The highest BCUT2D eigenvalue weighted by atomic mass is 32.3. The standard InChI is InChI=1S/C3H5FO7S2/c4-12(5,6)9-1-3-2-10-13(7,8)11-3/h3H,1-2H2. The average molecular weight is 236 g/mol. The Morgan fingerprint density at radius 1 is 1.54 bits per heavy atom. The van der Waals surface area contributed by atoms with E-state index in [9.17, 15) is 20.7 Å². The molecule has 10 heteroatoms. The van der Waals surface area contributed by atoms with Crippen LogP contribution in [0.5, 0.6) is 0 Å². The molecule has 0 saturated carbocycles. The number of halogens is 1. The minimum absolute atomic E-state index is 0.391. The zero-order chi connectivity index (χ0) is 10.1. The summed E-state index contributed by atoms with van der Waals surface area (Å²) >= 11 is 0. The van der Waals surface area contributed by atoms with Crippen molar-refractivity contribution in [3.05, 3.63) is 0 Å². The van der Waals surface area contributed by atoms with Gasteiger partial charge in [-0.1, -0.05) is 3.89 Å². The lowest BCUT2D eigenvalue weighted by atomic mass is 10.4. The highest BCUT2D eigenvalue weighted by Gasteiger charge is 2.31. The van der Waals surface area contributed by atoms with E-state index in [2.05, 4.69) is 12.5 Å². The number of hydrogen-bond acceptors (Lipinski definition) is 7. The molecule has 13 heavy (non-hydrogen) atoms. The molecule has 0 aromatic rings. The van der Waals surface area contributed by atoms with E-state index in [0.717, 1.165) is 0 Å². The molecule has 1 fully saturated rings. The Hall–Kier alpha value is -0.290. The Morgan fingerprint density at radius 3 is 2.54 bits per heavy atom. The third-order valence-electron chi connectivity index (χ3n) is 1.05. The van der Waals surface area contributed by atoms with Crippen LogP contribution in [0.3, 0.4) is 0 Å². The molecule has 0 aliphatic carbocycles. The van der Waals surface area contributed by atoms with E-state index in [0.29, 0.717) is 0 Å². The molecule has 0 aromatic carbocycles. The van der Waals surface area contributed by atoms with Gasteiger partial charge in [-0.05, 0) is 0 Å². The van der Waals surface area contributed by atoms with Gasteiger partial charge in [0, 0.05) is 0 Å². The van der Waals surface area contributed by atoms with Crippen molar-refractivity contribution in [2.75, 3.05) is 13.2 Å². The molecular weight excluding hydrogens is 231 g/mol. The van der Waals surface area contributed by atoms with Crippen molar-refractivity contribution in [1.29, 1.82) is 0 Å². The third kappa shape index (κ3) is 3.95. The summed E-state index contributed by atoms with van der Waals surface area (Å²) < 4.78 is 64.1. The SMILES string of the molecule is O=S(=O)(F)OCC1COS(=O)(=O)O1. The lowest BCUT2D eigenvalue weighted by molar-refractivity contribution is 0.147. The van der Waals surface area contributed by atoms with Crippen molar-refractivity contribution in [1.82, 2.24) is 0 Å². The summed E-state index contributed by atoms with van der Waals surface area (Å²) in [6.45, 7) is -1.13. The second-order valence-corrected chi connectivity index (χ2v) is 4.36. The molecule has 0 N–H and O–H groups in total. The largest absolute Gasteiger partial charge is 0.437 e. The van der Waals surface area contributed by atoms with Gasteiger partial charge in [-0.2, -0.15) is 16.8 Å². The van der Waals surface area contributed by atoms with Gasteiger partial charge in [-0.15, -0.1) is 0 Å². The smallest absolute Gasteiger partial charge is 0.245 e. The van der Waals surface area contributed by atoms with Gasteiger partial charge in [-0.3, -0.25) is 0 Å². The first kappa shape index (κ1) is 10.8. The van der Waals surface area contributed by atoms with Gasteiger partial charge in [0.2, 0.25) is 0 Å². The van der Waals surface area contributed by atoms with Crippen LogP contribution in [0.4, 0.5) is 3.89 Å². The highest BCUT2D eigenvalue weighted by molar-refractivity contribution is 7.82. The van der Waals surface area contributed by atoms with Crippen LogP contribution in [0, 0.1) is 0 Å². The van der Waals surface area contributed by atoms with Crippen LogP contribution >= 0.6 is 0 Å². The van der Waals surface area contributed by atoms with Crippen LogP contribution in [-0.2, 0) is 33.5 Å². The zero-order valence-electron chi connectivity index (χ0n) is 6.04. The fourth-order valence-corrected chi connectivity index (χ4v) is 1.75. The zero-order valence-corrected chi connectivity index (χ0v) is 7.68. The first-order chi connectivity index (χ1) is 5.79. The van der Waals surface area contributed by atoms with E-state index < -0.39 is 40.2 Å². The fourth-order valence-electron chi connectivity index (χ4n) is 0.614. The van der Waals surface area contributed by atoms with Crippen LogP contribution in [0.25, 0.3) is 0 Å². The van der Waals surface area contributed by atoms with E-state index in [1.807, 2.05) is 0 Å². The fraction of sp³-hybridized carbons (Fsp3) is 1.00. The molecule has 1 aliphatic heterocycles. The lowest BCUT2D eigenvalue weighted by Crippen LogP contribution is -2.19. The van der Waals surface area contributed by atoms with E-state index in [1.54, 1.807) is 0 Å². The predicted octanol–water partition coefficient (Wildman–Crippen LogP) is -1.12. The minimum atomic E-state index is -5.08. The van der Waals surface area contributed by atoms with Crippen LogP contribution in [0.2, 0.25) is 0 Å². The monoisotopic (exact) mass is 236 g/mol. The van der Waals surface area contributed by atoms with Crippen molar-refractivity contribution in [3.8, 4) is 0 Å². The molecule has 1 heterocycles. The molecule has 0 spiro atoms. The molecule has 0 radical (unpaired) electrons. The molecule has 1 saturated heterocycles. The third-order valence-corrected chi connectivity index (χ3v) is 2.40. The van der Waals surface area contributed by atoms with E-state index in [1.165, 1.54) is 0 Å². The molecule has 0 bridgehead atoms. The molecule has 0 amide bonds. The second kappa shape index (κ2) is 3.46. The molecule has 1 atom stereocenters. The summed E-state index contributed by atoms with van der Waals surface area (Å²) in [4.78, 5) is 0. The average Bonchev–Trinajstić information content (AvgIpc) is 2.24. The summed E-state index contributed by atoms with van der Waals surface area (Å²) in [6.07, 6.45) is -1.13. The molecule has 1 rings (SSSR count). The lowest BCUT2D eigenvalue weighted by Gasteiger charge is -2.01. The maximum absolute atomic E-state index is 11.7. The van der Waals surface area contributed by atoms with Gasteiger partial charge < -0.3 is 0 Å². The van der Waals surface area contributed by atoms with Gasteiger partial charge in [0.15, 0.2) is 0 Å². The summed E-state index contributed by atoms with van der Waals surface area (Å²) in [5, 5.41) is 0. The molecule has 1 aliphatic rings. The van der Waals surface area contributed by atoms with E-state index in [-0.39, 0.29) is 0 Å². The summed E-state index contributed by atoms with van der Waals surface area (Å²) in [6, 6.07) is 0. The van der Waals surface area contributed by atoms with Crippen LogP contribution in [0.1, 0.15) is 0 Å². The second-order valence-electron chi connectivity index (χ2n) is 2.09. The Labute approximate surface area is 74.1 Å². The first-order valence-corrected chi connectivity index (χ1v) is 5.59. The van der Waals surface area contributed by atoms with Crippen LogP contribution in [-0.4, -0.2) is 36.2 Å². The molecule has 78 valence electrons. The molecule has 7 nitrogen and oxygen atoms in total. The molecule has 0 aromatic heterocycles. The number of rotatable bonds is 3. The quantitative estimate of drug-likeness (QED) is 0.572. The molecule has 1 unspecified atom stereocenters. The van der Waals surface area contributed by atoms with Gasteiger partial charge in [-0.25, -0.2) is 12.5 Å². The van der Waals surface area contributed by atoms with Crippen molar-refractivity contribution >= 4 is 20.9 Å². The number of hydrogen-bond donors (Lipinski definition) is 0. The predicted molar refractivity (Wildman–Crippen MR) is 35.7 cm³/mol. The topological polar surface area (TPSA) is 96.0 Å². The van der Waals surface area contributed by atoms with Crippen molar-refractivity contribution in [2.45, 2.75) is 6.10 Å². The van der Waals surface area contributed by atoms with E-state index in [4.69, 9.17) is 0 Å². The maximum atomic E-state index is 11.7. The molecular formula is C3H5FO7S2. The Kier molecular flexibility index (Phi) is 2.87. The van der Waals surface area contributed by atoms with Crippen LogP contribution < -0.4 is 0 Å². The van der Waals surface area contributed by atoms with Gasteiger partial charge >= 0.3 is 20.9 Å². The first-order valence-electron chi connectivity index (χ1n) is 2.95. The Bertz CT molecular complexity index is 369. The minimum Gasteiger partial charge on any atom is -0.245 e. The Morgan fingerprint density at radius 2 is 2.15 bits per heavy atom. The summed E-state index contributed by atoms with van der Waals surface area (Å²) in [5.41, 5.74) is 0. The highest BCUT2D eigenvalue weighted by Crippen LogP contribution is 2.13. The van der Waals surface area contributed by atoms with Gasteiger partial charge in [0.05, 0.1) is 13.2 Å². The van der Waals surface area contributed by atoms with E-state index >= 15 is 0 Å². The normalized spacial score (nSPS) is 27.6. The van der Waals surface area contributed by atoms with Crippen LogP contribution in [0.15, 0.2) is 0 Å². The summed E-state index contributed by atoms with van der Waals surface area (Å²) in [7, 11) is -9.14. The Balaban J connectivity index is 2.42. The van der Waals surface area contributed by atoms with Crippen molar-refractivity contribution in [3.63, 3.8) is 0 Å². The summed E-state index contributed by atoms with van der Waals surface area (Å²) in [5.74, 6) is 0. The van der Waals surface area contributed by atoms with Gasteiger partial charge in [0.1, 0.15) is 6.10 Å².